The van der Waals surface area contributed by atoms with Crippen molar-refractivity contribution in [3.05, 3.63) is 38.9 Å². The number of nitro groups is 1. The maximum atomic E-state index is 12.2. The highest BCUT2D eigenvalue weighted by atomic mass is 35.5. The van der Waals surface area contributed by atoms with Crippen LogP contribution in [0.2, 0.25) is 5.02 Å². The first-order valence-corrected chi connectivity index (χ1v) is 7.11. The number of rotatable bonds is 4. The van der Waals surface area contributed by atoms with Crippen LogP contribution in [0.1, 0.15) is 43.0 Å². The number of nitro benzene ring substituents is 1. The smallest absolute Gasteiger partial charge is 0.270 e. The van der Waals surface area contributed by atoms with Gasteiger partial charge in [-0.05, 0) is 31.7 Å². The SMILES string of the molecule is CC(NC(=O)c1cc([N+](=O)[O-])ccc1Cl)C1CCCC1. The lowest BCUT2D eigenvalue weighted by Crippen LogP contribution is -2.37. The molecule has 0 saturated heterocycles. The van der Waals surface area contributed by atoms with Gasteiger partial charge in [0.1, 0.15) is 0 Å². The first kappa shape index (κ1) is 14.8. The predicted octanol–water partition coefficient (Wildman–Crippen LogP) is 3.56. The zero-order valence-electron chi connectivity index (χ0n) is 11.3. The number of halogens is 1. The van der Waals surface area contributed by atoms with Crippen LogP contribution in [0.5, 0.6) is 0 Å². The molecular formula is C14H17ClN2O3. The molecule has 2 rings (SSSR count). The van der Waals surface area contributed by atoms with Gasteiger partial charge in [0.2, 0.25) is 0 Å². The van der Waals surface area contributed by atoms with Crippen LogP contribution in [0.25, 0.3) is 0 Å². The monoisotopic (exact) mass is 296 g/mol. The van der Waals surface area contributed by atoms with E-state index in [0.717, 1.165) is 12.8 Å². The van der Waals surface area contributed by atoms with E-state index in [4.69, 9.17) is 11.6 Å². The van der Waals surface area contributed by atoms with E-state index in [0.29, 0.717) is 5.92 Å². The minimum atomic E-state index is -0.534. The zero-order valence-corrected chi connectivity index (χ0v) is 12.0. The van der Waals surface area contributed by atoms with Crippen LogP contribution < -0.4 is 5.32 Å². The lowest BCUT2D eigenvalue weighted by Gasteiger charge is -2.20. The van der Waals surface area contributed by atoms with Crippen LogP contribution >= 0.6 is 11.6 Å². The fourth-order valence-electron chi connectivity index (χ4n) is 2.66. The molecule has 1 aromatic carbocycles. The quantitative estimate of drug-likeness (QED) is 0.682. The number of amides is 1. The van der Waals surface area contributed by atoms with Crippen molar-refractivity contribution in [1.82, 2.24) is 5.32 Å². The van der Waals surface area contributed by atoms with Gasteiger partial charge in [0.25, 0.3) is 11.6 Å². The summed E-state index contributed by atoms with van der Waals surface area (Å²) in [5.74, 6) is 0.134. The molecule has 0 heterocycles. The molecule has 1 aliphatic rings. The fraction of sp³-hybridized carbons (Fsp3) is 0.500. The molecule has 1 amide bonds. The summed E-state index contributed by atoms with van der Waals surface area (Å²) < 4.78 is 0. The Hall–Kier alpha value is -1.62. The van der Waals surface area contributed by atoms with Crippen LogP contribution in [-0.4, -0.2) is 16.9 Å². The van der Waals surface area contributed by atoms with Crippen molar-refractivity contribution in [2.75, 3.05) is 0 Å². The Kier molecular flexibility index (Phi) is 4.60. The van der Waals surface area contributed by atoms with Gasteiger partial charge in [0.05, 0.1) is 15.5 Å². The van der Waals surface area contributed by atoms with Gasteiger partial charge in [-0.25, -0.2) is 0 Å². The number of carbonyl (C=O) groups is 1. The summed E-state index contributed by atoms with van der Waals surface area (Å²) in [6.07, 6.45) is 4.62. The van der Waals surface area contributed by atoms with Crippen LogP contribution in [0, 0.1) is 16.0 Å². The average Bonchev–Trinajstić information content (AvgIpc) is 2.92. The standard InChI is InChI=1S/C14H17ClN2O3/c1-9(10-4-2-3-5-10)16-14(18)12-8-11(17(19)20)6-7-13(12)15/h6-10H,2-5H2,1H3,(H,16,18). The van der Waals surface area contributed by atoms with Gasteiger partial charge >= 0.3 is 0 Å². The molecule has 1 saturated carbocycles. The molecule has 1 N–H and O–H groups in total. The molecule has 1 unspecified atom stereocenters. The Morgan fingerprint density at radius 3 is 2.70 bits per heavy atom. The molecule has 1 aromatic rings. The molecule has 6 heteroatoms. The first-order chi connectivity index (χ1) is 9.49. The number of hydrogen-bond donors (Lipinski definition) is 1. The van der Waals surface area contributed by atoms with Crippen molar-refractivity contribution in [2.24, 2.45) is 5.92 Å². The molecule has 5 nitrogen and oxygen atoms in total. The Labute approximate surface area is 122 Å². The van der Waals surface area contributed by atoms with Crippen molar-refractivity contribution in [1.29, 1.82) is 0 Å². The van der Waals surface area contributed by atoms with Gasteiger partial charge < -0.3 is 5.32 Å². The lowest BCUT2D eigenvalue weighted by molar-refractivity contribution is -0.384. The summed E-state index contributed by atoms with van der Waals surface area (Å²) in [5, 5.41) is 13.9. The third-order valence-electron chi connectivity index (χ3n) is 3.87. The summed E-state index contributed by atoms with van der Waals surface area (Å²) >= 11 is 5.96. The number of non-ortho nitro benzene ring substituents is 1. The highest BCUT2D eigenvalue weighted by Crippen LogP contribution is 2.28. The molecule has 1 aliphatic carbocycles. The highest BCUT2D eigenvalue weighted by molar-refractivity contribution is 6.33. The second kappa shape index (κ2) is 6.22. The highest BCUT2D eigenvalue weighted by Gasteiger charge is 2.24. The minimum Gasteiger partial charge on any atom is -0.349 e. The number of nitrogens with zero attached hydrogens (tertiary/aromatic N) is 1. The largest absolute Gasteiger partial charge is 0.349 e. The Morgan fingerprint density at radius 2 is 2.10 bits per heavy atom. The van der Waals surface area contributed by atoms with E-state index in [1.807, 2.05) is 6.92 Å². The summed E-state index contributed by atoms with van der Waals surface area (Å²) in [5.41, 5.74) is 0.0267. The second-order valence-electron chi connectivity index (χ2n) is 5.23. The van der Waals surface area contributed by atoms with Crippen molar-refractivity contribution in [3.63, 3.8) is 0 Å². The summed E-state index contributed by atoms with van der Waals surface area (Å²) in [6, 6.07) is 3.95. The maximum Gasteiger partial charge on any atom is 0.270 e. The van der Waals surface area contributed by atoms with E-state index in [-0.39, 0.29) is 28.2 Å². The molecule has 1 atom stereocenters. The van der Waals surface area contributed by atoms with Crippen LogP contribution in [0.3, 0.4) is 0 Å². The van der Waals surface area contributed by atoms with E-state index in [1.165, 1.54) is 31.0 Å². The molecule has 0 bridgehead atoms. The third-order valence-corrected chi connectivity index (χ3v) is 4.20. The average molecular weight is 297 g/mol. The van der Waals surface area contributed by atoms with Gasteiger partial charge in [0.15, 0.2) is 0 Å². The minimum absolute atomic E-state index is 0.0559. The number of benzene rings is 1. The second-order valence-corrected chi connectivity index (χ2v) is 5.64. The molecule has 0 aromatic heterocycles. The molecule has 0 radical (unpaired) electrons. The normalized spacial score (nSPS) is 16.9. The molecule has 1 fully saturated rings. The first-order valence-electron chi connectivity index (χ1n) is 6.74. The Bertz CT molecular complexity index is 527. The van der Waals surface area contributed by atoms with Crippen molar-refractivity contribution < 1.29 is 9.72 Å². The fourth-order valence-corrected chi connectivity index (χ4v) is 2.86. The molecule has 20 heavy (non-hydrogen) atoms. The van der Waals surface area contributed by atoms with Gasteiger partial charge in [-0.2, -0.15) is 0 Å². The van der Waals surface area contributed by atoms with Crippen LogP contribution in [-0.2, 0) is 0 Å². The van der Waals surface area contributed by atoms with Crippen LogP contribution in [0.15, 0.2) is 18.2 Å². The topological polar surface area (TPSA) is 72.2 Å². The Morgan fingerprint density at radius 1 is 1.45 bits per heavy atom. The number of carbonyl (C=O) groups excluding carboxylic acids is 1. The molecule has 0 spiro atoms. The summed E-state index contributed by atoms with van der Waals surface area (Å²) in [6.45, 7) is 1.97. The van der Waals surface area contributed by atoms with Crippen molar-refractivity contribution in [2.45, 2.75) is 38.6 Å². The van der Waals surface area contributed by atoms with Crippen molar-refractivity contribution >= 4 is 23.2 Å². The van der Waals surface area contributed by atoms with Crippen LogP contribution in [0.4, 0.5) is 5.69 Å². The van der Waals surface area contributed by atoms with Gasteiger partial charge in [-0.3, -0.25) is 14.9 Å². The molecule has 0 aliphatic heterocycles. The lowest BCUT2D eigenvalue weighted by atomic mass is 9.99. The van der Waals surface area contributed by atoms with E-state index in [1.54, 1.807) is 0 Å². The van der Waals surface area contributed by atoms with Crippen molar-refractivity contribution in [3.8, 4) is 0 Å². The molecule has 108 valence electrons. The summed E-state index contributed by atoms with van der Waals surface area (Å²) in [7, 11) is 0. The van der Waals surface area contributed by atoms with E-state index in [9.17, 15) is 14.9 Å². The molecular weight excluding hydrogens is 280 g/mol. The van der Waals surface area contributed by atoms with Gasteiger partial charge in [-0.15, -0.1) is 0 Å². The van der Waals surface area contributed by atoms with E-state index >= 15 is 0 Å². The van der Waals surface area contributed by atoms with E-state index < -0.39 is 4.92 Å². The third kappa shape index (κ3) is 3.28. The predicted molar refractivity (Wildman–Crippen MR) is 77.0 cm³/mol. The summed E-state index contributed by atoms with van der Waals surface area (Å²) in [4.78, 5) is 22.4. The Balaban J connectivity index is 2.11. The number of hydrogen-bond acceptors (Lipinski definition) is 3. The van der Waals surface area contributed by atoms with E-state index in [2.05, 4.69) is 5.32 Å². The van der Waals surface area contributed by atoms with Gasteiger partial charge in [0, 0.05) is 18.2 Å². The maximum absolute atomic E-state index is 12.2. The zero-order chi connectivity index (χ0) is 14.7. The van der Waals surface area contributed by atoms with Gasteiger partial charge in [-0.1, -0.05) is 24.4 Å². The number of nitrogens with one attached hydrogen (secondary N) is 1.